The molecule has 1 aliphatic carbocycles. The summed E-state index contributed by atoms with van der Waals surface area (Å²) in [5.74, 6) is 0. The average Bonchev–Trinajstić information content (AvgIpc) is 2.54. The van der Waals surface area contributed by atoms with Gasteiger partial charge in [-0.15, -0.1) is 0 Å². The van der Waals surface area contributed by atoms with Gasteiger partial charge in [-0.05, 0) is 6.92 Å². The molecule has 1 rings (SSSR count). The molecule has 0 unspecified atom stereocenters. The van der Waals surface area contributed by atoms with Crippen molar-refractivity contribution in [1.82, 2.24) is 0 Å². The summed E-state index contributed by atoms with van der Waals surface area (Å²) in [7, 11) is 0. The van der Waals surface area contributed by atoms with Crippen molar-refractivity contribution in [2.45, 2.75) is 6.92 Å². The van der Waals surface area contributed by atoms with Crippen LogP contribution in [0.4, 0.5) is 14.4 Å². The summed E-state index contributed by atoms with van der Waals surface area (Å²) >= 11 is -3.37. The van der Waals surface area contributed by atoms with Crippen molar-refractivity contribution in [2.24, 2.45) is 0 Å². The first-order chi connectivity index (χ1) is 7.36. The molecule has 89 valence electrons. The summed E-state index contributed by atoms with van der Waals surface area (Å²) in [6.45, 7) is 2.08. The molecule has 0 aromatic carbocycles. The van der Waals surface area contributed by atoms with Gasteiger partial charge in [-0.25, -0.2) is 0 Å². The molecule has 0 heterocycles. The topological polar surface area (TPSA) is 112 Å². The molecule has 0 aliphatic heterocycles. The molecule has 0 saturated heterocycles. The number of rotatable bonds is 3. The molecule has 1 radical (unpaired) electrons. The second-order valence-electron chi connectivity index (χ2n) is 2.50. The molecule has 0 aromatic rings. The van der Waals surface area contributed by atoms with Crippen LogP contribution in [0.5, 0.6) is 0 Å². The van der Waals surface area contributed by atoms with Gasteiger partial charge < -0.3 is 0 Å². The molecule has 7 heteroatoms. The molecular formula is C9H10MnO6. The number of allylic oxidation sites excluding steroid dienone is 4. The van der Waals surface area contributed by atoms with Crippen LogP contribution in [0.2, 0.25) is 0 Å². The van der Waals surface area contributed by atoms with E-state index in [1.54, 1.807) is 0 Å². The zero-order chi connectivity index (χ0) is 12.7. The molecule has 3 N–H and O–H groups in total. The Kier molecular flexibility index (Phi) is 6.14. The van der Waals surface area contributed by atoms with Gasteiger partial charge in [0.15, 0.2) is 0 Å². The maximum absolute atomic E-state index is 9.87. The van der Waals surface area contributed by atoms with Crippen molar-refractivity contribution in [2.75, 3.05) is 0 Å². The summed E-state index contributed by atoms with van der Waals surface area (Å²) in [5.41, 5.74) is 1.34. The predicted molar refractivity (Wildman–Crippen MR) is 51.3 cm³/mol. The Bertz CT molecular complexity index is 324. The van der Waals surface area contributed by atoms with Crippen LogP contribution in [0.25, 0.3) is 0 Å². The molecule has 0 aromatic heterocycles. The van der Waals surface area contributed by atoms with Crippen LogP contribution in [0.1, 0.15) is 6.92 Å². The molecule has 1 aliphatic rings. The van der Waals surface area contributed by atoms with Crippen LogP contribution in [0.15, 0.2) is 23.8 Å². The van der Waals surface area contributed by atoms with E-state index in [1.807, 2.05) is 12.2 Å². The Hall–Kier alpha value is -1.59. The quantitative estimate of drug-likeness (QED) is 0.678. The summed E-state index contributed by atoms with van der Waals surface area (Å²) < 4.78 is 0. The van der Waals surface area contributed by atoms with E-state index in [9.17, 15) is 14.4 Å². The van der Waals surface area contributed by atoms with E-state index in [1.165, 1.54) is 5.57 Å². The fourth-order valence-electron chi connectivity index (χ4n) is 0.678. The zero-order valence-corrected chi connectivity index (χ0v) is 9.43. The Morgan fingerprint density at radius 2 is 1.44 bits per heavy atom. The summed E-state index contributed by atoms with van der Waals surface area (Å²) in [6, 6.07) is 0. The van der Waals surface area contributed by atoms with Crippen molar-refractivity contribution in [3.05, 3.63) is 30.2 Å². The second-order valence-corrected chi connectivity index (χ2v) is 4.90. The van der Waals surface area contributed by atoms with Gasteiger partial charge in [-0.2, -0.15) is 0 Å². The van der Waals surface area contributed by atoms with Gasteiger partial charge in [0, 0.05) is 6.42 Å². The predicted octanol–water partition coefficient (Wildman–Crippen LogP) is 2.35. The van der Waals surface area contributed by atoms with Crippen molar-refractivity contribution < 1.29 is 43.6 Å². The molecule has 0 bridgehead atoms. The molecule has 16 heavy (non-hydrogen) atoms. The molecular weight excluding hydrogens is 259 g/mol. The van der Waals surface area contributed by atoms with Gasteiger partial charge in [0.05, 0.1) is 0 Å². The van der Waals surface area contributed by atoms with E-state index in [-0.39, 0.29) is 0 Å². The second kappa shape index (κ2) is 6.81. The molecule has 0 atom stereocenters. The van der Waals surface area contributed by atoms with Crippen LogP contribution in [-0.4, -0.2) is 29.9 Å². The maximum atomic E-state index is 9.87. The van der Waals surface area contributed by atoms with Crippen LogP contribution in [-0.2, 0) is 13.9 Å². The third kappa shape index (κ3) is 5.33. The van der Waals surface area contributed by atoms with Gasteiger partial charge in [0.25, 0.3) is 0 Å². The SMILES string of the molecule is CC1=CC=C[CH]1.O=[C](O)[Mn]([C](=O)O)[C](=O)O. The zero-order valence-electron chi connectivity index (χ0n) is 8.25. The van der Waals surface area contributed by atoms with Gasteiger partial charge >= 0.3 is 58.2 Å². The first-order valence-electron chi connectivity index (χ1n) is 3.93. The Labute approximate surface area is 95.8 Å². The van der Waals surface area contributed by atoms with Crippen LogP contribution < -0.4 is 0 Å². The first-order valence-corrected chi connectivity index (χ1v) is 5.70. The van der Waals surface area contributed by atoms with Gasteiger partial charge in [0.2, 0.25) is 0 Å². The summed E-state index contributed by atoms with van der Waals surface area (Å²) in [6.07, 6.45) is 8.24. The minimum absolute atomic E-state index is 1.34. The van der Waals surface area contributed by atoms with Gasteiger partial charge in [-0.1, -0.05) is 23.8 Å². The van der Waals surface area contributed by atoms with E-state index >= 15 is 0 Å². The summed E-state index contributed by atoms with van der Waals surface area (Å²) in [5, 5.41) is 24.0. The molecule has 0 spiro atoms. The number of hydrogen-bond donors (Lipinski definition) is 3. The number of carbonyl (C=O) groups is 3. The van der Waals surface area contributed by atoms with Gasteiger partial charge in [-0.3, -0.25) is 0 Å². The monoisotopic (exact) mass is 269 g/mol. The normalized spacial score (nSPS) is 13.3. The fraction of sp³-hybridized carbons (Fsp3) is 0.111. The Morgan fingerprint density at radius 3 is 1.50 bits per heavy atom. The number of carboxylic acid groups (broad SMARTS) is 3. The average molecular weight is 269 g/mol. The van der Waals surface area contributed by atoms with E-state index in [2.05, 4.69) is 19.4 Å². The minimum atomic E-state index is -3.37. The Morgan fingerprint density at radius 1 is 1.00 bits per heavy atom. The van der Waals surface area contributed by atoms with Crippen molar-refractivity contribution in [1.29, 1.82) is 0 Å². The van der Waals surface area contributed by atoms with Crippen molar-refractivity contribution in [3.63, 3.8) is 0 Å². The van der Waals surface area contributed by atoms with E-state index in [4.69, 9.17) is 15.3 Å². The first kappa shape index (κ1) is 14.4. The van der Waals surface area contributed by atoms with Crippen LogP contribution >= 0.6 is 0 Å². The third-order valence-electron chi connectivity index (χ3n) is 1.31. The van der Waals surface area contributed by atoms with Crippen LogP contribution in [0, 0.1) is 6.42 Å². The molecule has 6 nitrogen and oxygen atoms in total. The summed E-state index contributed by atoms with van der Waals surface area (Å²) in [4.78, 5) is 24.3. The Balaban J connectivity index is 0.000000315. The van der Waals surface area contributed by atoms with E-state index < -0.39 is 28.5 Å². The fourth-order valence-corrected chi connectivity index (χ4v) is 1.33. The van der Waals surface area contributed by atoms with Crippen molar-refractivity contribution in [3.8, 4) is 0 Å². The van der Waals surface area contributed by atoms with Crippen LogP contribution in [0.3, 0.4) is 0 Å². The number of hydrogen-bond acceptors (Lipinski definition) is 3. The standard InChI is InChI=1S/C6H7.3CHO2.Mn/c1-6-4-2-3-5-6;3*2-1-3;/h2-5H,1H3;3*(H,2,3);. The molecule has 0 saturated carbocycles. The molecule has 0 amide bonds. The van der Waals surface area contributed by atoms with E-state index in [0.29, 0.717) is 0 Å². The third-order valence-corrected chi connectivity index (χ3v) is 2.83. The van der Waals surface area contributed by atoms with E-state index in [0.717, 1.165) is 0 Å². The van der Waals surface area contributed by atoms with Crippen molar-refractivity contribution >= 4 is 14.6 Å². The molecule has 0 fully saturated rings. The van der Waals surface area contributed by atoms with Gasteiger partial charge in [0.1, 0.15) is 0 Å².